The van der Waals surface area contributed by atoms with Crippen LogP contribution in [0.25, 0.3) is 0 Å². The van der Waals surface area contributed by atoms with Crippen LogP contribution < -0.4 is 10.2 Å². The van der Waals surface area contributed by atoms with Crippen LogP contribution in [0.4, 0.5) is 11.4 Å². The van der Waals surface area contributed by atoms with Gasteiger partial charge in [0.15, 0.2) is 9.84 Å². The number of amides is 2. The topological polar surface area (TPSA) is 83.6 Å². The Morgan fingerprint density at radius 3 is 2.60 bits per heavy atom. The van der Waals surface area contributed by atoms with Crippen LogP contribution in [0.3, 0.4) is 0 Å². The van der Waals surface area contributed by atoms with Crippen molar-refractivity contribution in [2.45, 2.75) is 31.2 Å². The van der Waals surface area contributed by atoms with E-state index in [0.717, 1.165) is 6.26 Å². The van der Waals surface area contributed by atoms with Gasteiger partial charge in [0.05, 0.1) is 16.3 Å². The van der Waals surface area contributed by atoms with Gasteiger partial charge in [0.1, 0.15) is 6.04 Å². The Morgan fingerprint density at radius 1 is 1.40 bits per heavy atom. The summed E-state index contributed by atoms with van der Waals surface area (Å²) >= 11 is 0. The zero-order valence-electron chi connectivity index (χ0n) is 11.5. The van der Waals surface area contributed by atoms with Gasteiger partial charge in [-0.25, -0.2) is 8.42 Å². The van der Waals surface area contributed by atoms with E-state index in [-0.39, 0.29) is 23.1 Å². The molecule has 0 radical (unpaired) electrons. The molecule has 6 nitrogen and oxygen atoms in total. The molecule has 0 fully saturated rings. The second kappa shape index (κ2) is 4.90. The Hall–Kier alpha value is -1.89. The highest BCUT2D eigenvalue weighted by molar-refractivity contribution is 7.90. The first-order valence-electron chi connectivity index (χ1n) is 6.22. The average molecular weight is 296 g/mol. The van der Waals surface area contributed by atoms with Crippen molar-refractivity contribution in [3.63, 3.8) is 0 Å². The first-order chi connectivity index (χ1) is 9.25. The Labute approximate surface area is 117 Å². The van der Waals surface area contributed by atoms with Crippen molar-refractivity contribution < 1.29 is 18.0 Å². The Morgan fingerprint density at radius 2 is 2.05 bits per heavy atom. The van der Waals surface area contributed by atoms with Crippen molar-refractivity contribution in [1.82, 2.24) is 0 Å². The second-order valence-electron chi connectivity index (χ2n) is 4.73. The molecule has 1 N–H and O–H groups in total. The molecule has 0 aromatic heterocycles. The number of anilines is 2. The zero-order chi connectivity index (χ0) is 15.1. The molecule has 0 saturated carbocycles. The molecule has 1 aliphatic rings. The first-order valence-corrected chi connectivity index (χ1v) is 8.12. The Balaban J connectivity index is 2.59. The minimum absolute atomic E-state index is 0.106. The molecule has 1 aromatic carbocycles. The fourth-order valence-electron chi connectivity index (χ4n) is 2.14. The van der Waals surface area contributed by atoms with Gasteiger partial charge >= 0.3 is 0 Å². The average Bonchev–Trinajstić information content (AvgIpc) is 2.38. The largest absolute Gasteiger partial charge is 0.322 e. The SMILES string of the molecule is CCC(=O)N1c2ccc(S(C)(=O)=O)cc2NC(=O)C1C. The molecule has 108 valence electrons. The summed E-state index contributed by atoms with van der Waals surface area (Å²) < 4.78 is 23.1. The first kappa shape index (κ1) is 14.5. The highest BCUT2D eigenvalue weighted by Gasteiger charge is 2.33. The van der Waals surface area contributed by atoms with Gasteiger partial charge < -0.3 is 5.32 Å². The molecule has 1 heterocycles. The van der Waals surface area contributed by atoms with Crippen molar-refractivity contribution in [2.75, 3.05) is 16.5 Å². The molecule has 0 bridgehead atoms. The number of carbonyl (C=O) groups is 2. The number of benzene rings is 1. The van der Waals surface area contributed by atoms with Gasteiger partial charge in [-0.3, -0.25) is 14.5 Å². The predicted octanol–water partition coefficient (Wildman–Crippen LogP) is 1.17. The number of sulfone groups is 1. The molecule has 0 saturated heterocycles. The summed E-state index contributed by atoms with van der Waals surface area (Å²) in [6, 6.07) is 3.76. The lowest BCUT2D eigenvalue weighted by atomic mass is 10.1. The minimum atomic E-state index is -3.37. The molecular formula is C13H16N2O4S. The van der Waals surface area contributed by atoms with E-state index < -0.39 is 15.9 Å². The van der Waals surface area contributed by atoms with Crippen molar-refractivity contribution in [3.05, 3.63) is 18.2 Å². The smallest absolute Gasteiger partial charge is 0.247 e. The molecule has 2 amide bonds. The lowest BCUT2D eigenvalue weighted by Crippen LogP contribution is -2.49. The van der Waals surface area contributed by atoms with Crippen LogP contribution in [0, 0.1) is 0 Å². The van der Waals surface area contributed by atoms with Crippen LogP contribution in [-0.4, -0.2) is 32.5 Å². The highest BCUT2D eigenvalue weighted by atomic mass is 32.2. The van der Waals surface area contributed by atoms with Crippen molar-refractivity contribution >= 4 is 33.0 Å². The van der Waals surface area contributed by atoms with E-state index >= 15 is 0 Å². The van der Waals surface area contributed by atoms with E-state index in [1.54, 1.807) is 19.9 Å². The fraction of sp³-hybridized carbons (Fsp3) is 0.385. The monoisotopic (exact) mass is 296 g/mol. The van der Waals surface area contributed by atoms with E-state index in [9.17, 15) is 18.0 Å². The number of rotatable bonds is 2. The fourth-order valence-corrected chi connectivity index (χ4v) is 2.79. The summed E-state index contributed by atoms with van der Waals surface area (Å²) in [5.74, 6) is -0.509. The number of carbonyl (C=O) groups excluding carboxylic acids is 2. The van der Waals surface area contributed by atoms with E-state index in [1.807, 2.05) is 0 Å². The molecule has 1 atom stereocenters. The molecule has 20 heavy (non-hydrogen) atoms. The molecule has 1 aromatic rings. The number of hydrogen-bond donors (Lipinski definition) is 1. The molecular weight excluding hydrogens is 280 g/mol. The Bertz CT molecular complexity index is 682. The van der Waals surface area contributed by atoms with Crippen LogP contribution in [0.2, 0.25) is 0 Å². The maximum Gasteiger partial charge on any atom is 0.247 e. The van der Waals surface area contributed by atoms with Gasteiger partial charge in [-0.15, -0.1) is 0 Å². The van der Waals surface area contributed by atoms with Crippen molar-refractivity contribution in [2.24, 2.45) is 0 Å². The maximum absolute atomic E-state index is 12.0. The number of nitrogens with zero attached hydrogens (tertiary/aromatic N) is 1. The van der Waals surface area contributed by atoms with Gasteiger partial charge in [-0.2, -0.15) is 0 Å². The number of nitrogens with one attached hydrogen (secondary N) is 1. The maximum atomic E-state index is 12.0. The van der Waals surface area contributed by atoms with Crippen LogP contribution in [0.1, 0.15) is 20.3 Å². The summed E-state index contributed by atoms with van der Waals surface area (Å²) in [5.41, 5.74) is 0.870. The molecule has 2 rings (SSSR count). The Kier molecular flexibility index (Phi) is 3.56. The molecule has 1 aliphatic heterocycles. The van der Waals surface area contributed by atoms with Gasteiger partial charge in [0.25, 0.3) is 0 Å². The highest BCUT2D eigenvalue weighted by Crippen LogP contribution is 2.34. The summed E-state index contributed by atoms with van der Waals surface area (Å²) in [6.07, 6.45) is 1.36. The molecule has 1 unspecified atom stereocenters. The lowest BCUT2D eigenvalue weighted by Gasteiger charge is -2.34. The second-order valence-corrected chi connectivity index (χ2v) is 6.75. The lowest BCUT2D eigenvalue weighted by molar-refractivity contribution is -0.123. The third-order valence-corrected chi connectivity index (χ3v) is 4.36. The van der Waals surface area contributed by atoms with Gasteiger partial charge in [0.2, 0.25) is 11.8 Å². The number of hydrogen-bond acceptors (Lipinski definition) is 4. The van der Waals surface area contributed by atoms with E-state index in [2.05, 4.69) is 5.32 Å². The van der Waals surface area contributed by atoms with Crippen LogP contribution in [0.5, 0.6) is 0 Å². The van der Waals surface area contributed by atoms with Gasteiger partial charge in [-0.05, 0) is 25.1 Å². The van der Waals surface area contributed by atoms with Gasteiger partial charge in [-0.1, -0.05) is 6.92 Å². The quantitative estimate of drug-likeness (QED) is 0.888. The summed E-state index contributed by atoms with van der Waals surface area (Å²) in [5, 5.41) is 2.63. The minimum Gasteiger partial charge on any atom is -0.322 e. The molecule has 0 spiro atoms. The van der Waals surface area contributed by atoms with E-state index in [1.165, 1.54) is 17.0 Å². The third kappa shape index (κ3) is 2.40. The third-order valence-electron chi connectivity index (χ3n) is 3.25. The number of fused-ring (bicyclic) bond motifs is 1. The summed E-state index contributed by atoms with van der Waals surface area (Å²) in [4.78, 5) is 25.4. The van der Waals surface area contributed by atoms with Crippen molar-refractivity contribution in [3.8, 4) is 0 Å². The summed E-state index contributed by atoms with van der Waals surface area (Å²) in [6.45, 7) is 3.35. The van der Waals surface area contributed by atoms with E-state index in [0.29, 0.717) is 11.4 Å². The van der Waals surface area contributed by atoms with Gasteiger partial charge in [0, 0.05) is 12.7 Å². The molecule has 0 aliphatic carbocycles. The van der Waals surface area contributed by atoms with E-state index in [4.69, 9.17) is 0 Å². The van der Waals surface area contributed by atoms with Crippen LogP contribution in [-0.2, 0) is 19.4 Å². The normalized spacial score (nSPS) is 18.4. The molecule has 7 heteroatoms. The predicted molar refractivity (Wildman–Crippen MR) is 75.4 cm³/mol. The standard InChI is InChI=1S/C13H16N2O4S/c1-4-12(16)15-8(2)13(17)14-10-7-9(20(3,18)19)5-6-11(10)15/h5-8H,4H2,1-3H3,(H,14,17). The summed E-state index contributed by atoms with van der Waals surface area (Å²) in [7, 11) is -3.37. The van der Waals surface area contributed by atoms with Crippen LogP contribution in [0.15, 0.2) is 23.1 Å². The van der Waals surface area contributed by atoms with Crippen LogP contribution >= 0.6 is 0 Å². The van der Waals surface area contributed by atoms with Crippen molar-refractivity contribution in [1.29, 1.82) is 0 Å². The zero-order valence-corrected chi connectivity index (χ0v) is 12.3.